The summed E-state index contributed by atoms with van der Waals surface area (Å²) in [4.78, 5) is 26.0. The number of carbonyl (C=O) groups is 2. The van der Waals surface area contributed by atoms with Crippen LogP contribution in [0.5, 0.6) is 5.75 Å². The van der Waals surface area contributed by atoms with Crippen molar-refractivity contribution in [1.82, 2.24) is 5.32 Å². The molecule has 2 rings (SSSR count). The standard InChI is InChI=1S/C20H23BrN2O3/c1-13-11-16(7-10-18(13)21)23(3)20(25)12-19(22-14(2)24)15-5-8-17(26-4)9-6-15/h5-11,19H,12H2,1-4H3,(H,22,24). The van der Waals surface area contributed by atoms with Gasteiger partial charge in [0.15, 0.2) is 0 Å². The molecule has 0 bridgehead atoms. The van der Waals surface area contributed by atoms with Crippen molar-refractivity contribution < 1.29 is 14.3 Å². The van der Waals surface area contributed by atoms with Gasteiger partial charge in [-0.05, 0) is 48.4 Å². The number of halogens is 1. The zero-order valence-electron chi connectivity index (χ0n) is 15.4. The van der Waals surface area contributed by atoms with Gasteiger partial charge in [0.1, 0.15) is 5.75 Å². The quantitative estimate of drug-likeness (QED) is 0.770. The van der Waals surface area contributed by atoms with E-state index in [2.05, 4.69) is 21.2 Å². The van der Waals surface area contributed by atoms with E-state index in [1.54, 1.807) is 19.1 Å². The van der Waals surface area contributed by atoms with E-state index in [-0.39, 0.29) is 18.2 Å². The third-order valence-corrected chi connectivity index (χ3v) is 5.07. The van der Waals surface area contributed by atoms with Crippen molar-refractivity contribution in [2.45, 2.75) is 26.3 Å². The van der Waals surface area contributed by atoms with E-state index >= 15 is 0 Å². The van der Waals surface area contributed by atoms with Gasteiger partial charge >= 0.3 is 0 Å². The van der Waals surface area contributed by atoms with Crippen LogP contribution >= 0.6 is 15.9 Å². The molecule has 1 atom stereocenters. The molecule has 0 aliphatic rings. The van der Waals surface area contributed by atoms with Gasteiger partial charge in [0.05, 0.1) is 19.6 Å². The maximum Gasteiger partial charge on any atom is 0.229 e. The van der Waals surface area contributed by atoms with E-state index in [4.69, 9.17) is 4.74 Å². The first-order valence-corrected chi connectivity index (χ1v) is 9.05. The minimum Gasteiger partial charge on any atom is -0.497 e. The number of methoxy groups -OCH3 is 1. The fourth-order valence-corrected chi connectivity index (χ4v) is 2.87. The largest absolute Gasteiger partial charge is 0.497 e. The molecule has 26 heavy (non-hydrogen) atoms. The normalized spacial score (nSPS) is 11.6. The van der Waals surface area contributed by atoms with Crippen molar-refractivity contribution in [2.24, 2.45) is 0 Å². The van der Waals surface area contributed by atoms with Crippen molar-refractivity contribution in [2.75, 3.05) is 19.1 Å². The van der Waals surface area contributed by atoms with Gasteiger partial charge in [0.25, 0.3) is 0 Å². The van der Waals surface area contributed by atoms with Gasteiger partial charge in [0, 0.05) is 24.1 Å². The minimum atomic E-state index is -0.398. The maximum absolute atomic E-state index is 12.8. The summed E-state index contributed by atoms with van der Waals surface area (Å²) >= 11 is 3.46. The molecular formula is C20H23BrN2O3. The van der Waals surface area contributed by atoms with E-state index in [0.717, 1.165) is 27.0 Å². The summed E-state index contributed by atoms with van der Waals surface area (Å²) in [7, 11) is 3.34. The lowest BCUT2D eigenvalue weighted by molar-refractivity contribution is -0.121. The highest BCUT2D eigenvalue weighted by Gasteiger charge is 2.20. The van der Waals surface area contributed by atoms with Crippen LogP contribution in [0.2, 0.25) is 0 Å². The molecule has 0 aliphatic heterocycles. The van der Waals surface area contributed by atoms with Gasteiger partial charge in [-0.15, -0.1) is 0 Å². The predicted molar refractivity (Wildman–Crippen MR) is 106 cm³/mol. The number of rotatable bonds is 6. The first-order chi connectivity index (χ1) is 12.3. The Hall–Kier alpha value is -2.34. The van der Waals surface area contributed by atoms with Crippen molar-refractivity contribution in [1.29, 1.82) is 0 Å². The molecular weight excluding hydrogens is 396 g/mol. The molecule has 2 aromatic carbocycles. The average molecular weight is 419 g/mol. The summed E-state index contributed by atoms with van der Waals surface area (Å²) in [5.41, 5.74) is 2.72. The second-order valence-electron chi connectivity index (χ2n) is 6.12. The number of anilines is 1. The zero-order chi connectivity index (χ0) is 19.3. The monoisotopic (exact) mass is 418 g/mol. The summed E-state index contributed by atoms with van der Waals surface area (Å²) < 4.78 is 6.16. The molecule has 0 aliphatic carbocycles. The van der Waals surface area contributed by atoms with Crippen LogP contribution in [0.4, 0.5) is 5.69 Å². The molecule has 0 spiro atoms. The van der Waals surface area contributed by atoms with E-state index in [0.29, 0.717) is 0 Å². The van der Waals surface area contributed by atoms with Crippen LogP contribution in [0.25, 0.3) is 0 Å². The van der Waals surface area contributed by atoms with Gasteiger partial charge in [-0.2, -0.15) is 0 Å². The lowest BCUT2D eigenvalue weighted by Gasteiger charge is -2.23. The highest BCUT2D eigenvalue weighted by atomic mass is 79.9. The van der Waals surface area contributed by atoms with Crippen molar-refractivity contribution in [3.63, 3.8) is 0 Å². The first-order valence-electron chi connectivity index (χ1n) is 8.25. The molecule has 5 nitrogen and oxygen atoms in total. The van der Waals surface area contributed by atoms with Crippen LogP contribution in [0.1, 0.15) is 30.5 Å². The summed E-state index contributed by atoms with van der Waals surface area (Å²) in [6.45, 7) is 3.42. The number of aryl methyl sites for hydroxylation is 1. The Kier molecular flexibility index (Phi) is 6.80. The average Bonchev–Trinajstić information content (AvgIpc) is 2.62. The molecule has 2 aromatic rings. The van der Waals surface area contributed by atoms with Gasteiger partial charge in [-0.25, -0.2) is 0 Å². The van der Waals surface area contributed by atoms with Gasteiger partial charge in [-0.1, -0.05) is 28.1 Å². The number of nitrogens with zero attached hydrogens (tertiary/aromatic N) is 1. The van der Waals surface area contributed by atoms with Gasteiger partial charge < -0.3 is 15.0 Å². The van der Waals surface area contributed by atoms with E-state index in [1.165, 1.54) is 6.92 Å². The van der Waals surface area contributed by atoms with Crippen LogP contribution in [0, 0.1) is 6.92 Å². The number of amides is 2. The van der Waals surface area contributed by atoms with Crippen molar-refractivity contribution in [3.05, 3.63) is 58.1 Å². The van der Waals surface area contributed by atoms with Crippen molar-refractivity contribution >= 4 is 33.4 Å². The Morgan fingerprint density at radius 2 is 1.85 bits per heavy atom. The zero-order valence-corrected chi connectivity index (χ0v) is 17.0. The lowest BCUT2D eigenvalue weighted by Crippen LogP contribution is -2.33. The van der Waals surface area contributed by atoms with E-state index < -0.39 is 6.04 Å². The van der Waals surface area contributed by atoms with Crippen LogP contribution in [0.15, 0.2) is 46.9 Å². The fraction of sp³-hybridized carbons (Fsp3) is 0.300. The van der Waals surface area contributed by atoms with Crippen LogP contribution in [-0.2, 0) is 9.59 Å². The molecule has 0 heterocycles. The topological polar surface area (TPSA) is 58.6 Å². The molecule has 0 aromatic heterocycles. The first kappa shape index (κ1) is 20.0. The van der Waals surface area contributed by atoms with Crippen LogP contribution < -0.4 is 15.0 Å². The number of benzene rings is 2. The summed E-state index contributed by atoms with van der Waals surface area (Å²) in [6.07, 6.45) is 0.164. The third kappa shape index (κ3) is 5.08. The Bertz CT molecular complexity index is 790. The second kappa shape index (κ2) is 8.85. The Labute approximate surface area is 162 Å². The smallest absolute Gasteiger partial charge is 0.229 e. The summed E-state index contributed by atoms with van der Waals surface area (Å²) in [5.74, 6) is 0.464. The number of nitrogens with one attached hydrogen (secondary N) is 1. The third-order valence-electron chi connectivity index (χ3n) is 4.18. The van der Waals surface area contributed by atoms with E-state index in [9.17, 15) is 9.59 Å². The Balaban J connectivity index is 2.19. The highest BCUT2D eigenvalue weighted by Crippen LogP contribution is 2.25. The molecule has 1 unspecified atom stereocenters. The molecule has 1 N–H and O–H groups in total. The number of carbonyl (C=O) groups excluding carboxylic acids is 2. The highest BCUT2D eigenvalue weighted by molar-refractivity contribution is 9.10. The summed E-state index contributed by atoms with van der Waals surface area (Å²) in [5, 5.41) is 2.86. The van der Waals surface area contributed by atoms with Crippen LogP contribution in [-0.4, -0.2) is 26.0 Å². The predicted octanol–water partition coefficient (Wildman–Crippen LogP) is 4.00. The number of hydrogen-bond donors (Lipinski definition) is 1. The number of hydrogen-bond acceptors (Lipinski definition) is 3. The fourth-order valence-electron chi connectivity index (χ4n) is 2.63. The minimum absolute atomic E-state index is 0.0821. The molecule has 0 saturated heterocycles. The molecule has 0 saturated carbocycles. The molecule has 0 radical (unpaired) electrons. The Morgan fingerprint density at radius 1 is 1.19 bits per heavy atom. The number of ether oxygens (including phenoxy) is 1. The Morgan fingerprint density at radius 3 is 2.38 bits per heavy atom. The molecule has 2 amide bonds. The SMILES string of the molecule is COc1ccc(C(CC(=O)N(C)c2ccc(Br)c(C)c2)NC(C)=O)cc1. The molecule has 0 fully saturated rings. The van der Waals surface area contributed by atoms with Gasteiger partial charge in [-0.3, -0.25) is 9.59 Å². The van der Waals surface area contributed by atoms with Crippen molar-refractivity contribution in [3.8, 4) is 5.75 Å². The van der Waals surface area contributed by atoms with Crippen LogP contribution in [0.3, 0.4) is 0 Å². The van der Waals surface area contributed by atoms with Gasteiger partial charge in [0.2, 0.25) is 11.8 Å². The van der Waals surface area contributed by atoms with E-state index in [1.807, 2.05) is 49.4 Å². The molecule has 6 heteroatoms. The maximum atomic E-state index is 12.8. The molecule has 138 valence electrons. The summed E-state index contributed by atoms with van der Waals surface area (Å²) in [6, 6.07) is 12.7. The lowest BCUT2D eigenvalue weighted by atomic mass is 10.0. The second-order valence-corrected chi connectivity index (χ2v) is 6.97.